The second-order valence-electron chi connectivity index (χ2n) is 7.07. The van der Waals surface area contributed by atoms with E-state index in [0.717, 1.165) is 31.6 Å². The van der Waals surface area contributed by atoms with Gasteiger partial charge in [0.05, 0.1) is 11.5 Å². The van der Waals surface area contributed by atoms with Gasteiger partial charge in [0.2, 0.25) is 5.95 Å². The highest BCUT2D eigenvalue weighted by Gasteiger charge is 2.33. The van der Waals surface area contributed by atoms with Crippen molar-refractivity contribution in [3.05, 3.63) is 17.5 Å². The van der Waals surface area contributed by atoms with Gasteiger partial charge in [0.25, 0.3) is 5.91 Å². The van der Waals surface area contributed by atoms with Crippen LogP contribution in [0.1, 0.15) is 48.3 Å². The lowest BCUT2D eigenvalue weighted by Crippen LogP contribution is -2.38. The number of anilines is 1. The number of hydrogen-bond acceptors (Lipinski definition) is 6. The van der Waals surface area contributed by atoms with Crippen molar-refractivity contribution in [2.45, 2.75) is 45.1 Å². The Morgan fingerprint density at radius 1 is 1.20 bits per heavy atom. The summed E-state index contributed by atoms with van der Waals surface area (Å²) in [6.07, 6.45) is 5.15. The Bertz CT molecular complexity index is 742. The predicted molar refractivity (Wildman–Crippen MR) is 96.6 cm³/mol. The first-order valence-corrected chi connectivity index (χ1v) is 10.8. The number of aromatic nitrogens is 2. The van der Waals surface area contributed by atoms with E-state index in [1.807, 2.05) is 6.92 Å². The zero-order chi connectivity index (χ0) is 18.0. The summed E-state index contributed by atoms with van der Waals surface area (Å²) in [5.74, 6) is 0.566. The van der Waals surface area contributed by atoms with Crippen LogP contribution in [0.3, 0.4) is 0 Å². The second-order valence-corrected chi connectivity index (χ2v) is 9.30. The molecule has 1 aromatic heterocycles. The van der Waals surface area contributed by atoms with Crippen molar-refractivity contribution < 1.29 is 13.2 Å². The number of aryl methyl sites for hydroxylation is 1. The average Bonchev–Trinajstić information content (AvgIpc) is 2.78. The molecule has 1 amide bonds. The van der Waals surface area contributed by atoms with Gasteiger partial charge in [-0.1, -0.05) is 12.8 Å². The summed E-state index contributed by atoms with van der Waals surface area (Å²) >= 11 is 0. The third kappa shape index (κ3) is 4.29. The molecule has 138 valence electrons. The molecule has 0 aliphatic carbocycles. The standard InChI is InChI=1S/C17H26N4O3S/c1-13-11-15(16(22)20(2)14-7-10-25(23,24)12-14)19-17(18-13)21-8-5-3-4-6-9-21/h11,14H,3-10,12H2,1-2H3. The fourth-order valence-electron chi connectivity index (χ4n) is 3.50. The lowest BCUT2D eigenvalue weighted by atomic mass is 10.2. The van der Waals surface area contributed by atoms with Gasteiger partial charge >= 0.3 is 0 Å². The summed E-state index contributed by atoms with van der Waals surface area (Å²) in [5.41, 5.74) is 1.10. The molecule has 0 spiro atoms. The Labute approximate surface area is 149 Å². The van der Waals surface area contributed by atoms with Crippen LogP contribution in [0.5, 0.6) is 0 Å². The van der Waals surface area contributed by atoms with Gasteiger partial charge in [-0.3, -0.25) is 4.79 Å². The minimum absolute atomic E-state index is 0.0400. The molecule has 2 fully saturated rings. The van der Waals surface area contributed by atoms with E-state index in [0.29, 0.717) is 18.1 Å². The first kappa shape index (κ1) is 18.1. The van der Waals surface area contributed by atoms with E-state index in [9.17, 15) is 13.2 Å². The molecule has 1 aromatic rings. The number of amides is 1. The van der Waals surface area contributed by atoms with Crippen molar-refractivity contribution in [2.24, 2.45) is 0 Å². The normalized spacial score (nSPS) is 23.3. The van der Waals surface area contributed by atoms with Crippen LogP contribution < -0.4 is 4.90 Å². The summed E-state index contributed by atoms with van der Waals surface area (Å²) in [7, 11) is -1.36. The zero-order valence-corrected chi connectivity index (χ0v) is 15.8. The fraction of sp³-hybridized carbons (Fsp3) is 0.706. The van der Waals surface area contributed by atoms with Crippen molar-refractivity contribution >= 4 is 21.7 Å². The summed E-state index contributed by atoms with van der Waals surface area (Å²) in [5, 5.41) is 0. The maximum absolute atomic E-state index is 12.8. The molecule has 3 heterocycles. The van der Waals surface area contributed by atoms with E-state index in [1.54, 1.807) is 13.1 Å². The van der Waals surface area contributed by atoms with Crippen LogP contribution in [0.4, 0.5) is 5.95 Å². The maximum Gasteiger partial charge on any atom is 0.272 e. The number of hydrogen-bond donors (Lipinski definition) is 0. The lowest BCUT2D eigenvalue weighted by Gasteiger charge is -2.24. The molecule has 2 aliphatic rings. The van der Waals surface area contributed by atoms with E-state index >= 15 is 0 Å². The van der Waals surface area contributed by atoms with Crippen LogP contribution >= 0.6 is 0 Å². The van der Waals surface area contributed by atoms with Gasteiger partial charge in [-0.15, -0.1) is 0 Å². The van der Waals surface area contributed by atoms with E-state index in [1.165, 1.54) is 17.7 Å². The first-order valence-electron chi connectivity index (χ1n) is 8.94. The molecule has 0 bridgehead atoms. The molecule has 7 nitrogen and oxygen atoms in total. The number of nitrogens with zero attached hydrogens (tertiary/aromatic N) is 4. The molecular weight excluding hydrogens is 340 g/mol. The molecule has 1 atom stereocenters. The fourth-order valence-corrected chi connectivity index (χ4v) is 5.28. The summed E-state index contributed by atoms with van der Waals surface area (Å²) in [6, 6.07) is 1.42. The highest BCUT2D eigenvalue weighted by atomic mass is 32.2. The van der Waals surface area contributed by atoms with E-state index in [-0.39, 0.29) is 23.5 Å². The third-order valence-electron chi connectivity index (χ3n) is 5.03. The Balaban J connectivity index is 1.80. The molecule has 2 saturated heterocycles. The summed E-state index contributed by atoms with van der Waals surface area (Å²) in [6.45, 7) is 3.68. The summed E-state index contributed by atoms with van der Waals surface area (Å²) in [4.78, 5) is 25.5. The molecular formula is C17H26N4O3S. The van der Waals surface area contributed by atoms with Gasteiger partial charge in [-0.05, 0) is 32.3 Å². The molecule has 8 heteroatoms. The van der Waals surface area contributed by atoms with Crippen molar-refractivity contribution in [3.63, 3.8) is 0 Å². The Morgan fingerprint density at radius 2 is 1.88 bits per heavy atom. The smallest absolute Gasteiger partial charge is 0.272 e. The number of carbonyl (C=O) groups excluding carboxylic acids is 1. The highest BCUT2D eigenvalue weighted by molar-refractivity contribution is 7.91. The van der Waals surface area contributed by atoms with Crippen LogP contribution in [0, 0.1) is 6.92 Å². The minimum atomic E-state index is -3.03. The van der Waals surface area contributed by atoms with Gasteiger partial charge in [0.1, 0.15) is 5.69 Å². The number of sulfone groups is 1. The second kappa shape index (κ2) is 7.27. The van der Waals surface area contributed by atoms with Gasteiger partial charge in [-0.25, -0.2) is 18.4 Å². The number of carbonyl (C=O) groups is 1. The predicted octanol–water partition coefficient (Wildman–Crippen LogP) is 1.42. The molecule has 2 aliphatic heterocycles. The Morgan fingerprint density at radius 3 is 2.48 bits per heavy atom. The first-order chi connectivity index (χ1) is 11.9. The van der Waals surface area contributed by atoms with Crippen LogP contribution in [-0.4, -0.2) is 66.9 Å². The van der Waals surface area contributed by atoms with E-state index in [2.05, 4.69) is 14.9 Å². The van der Waals surface area contributed by atoms with Gasteiger partial charge in [-0.2, -0.15) is 0 Å². The minimum Gasteiger partial charge on any atom is -0.341 e. The molecule has 3 rings (SSSR count). The highest BCUT2D eigenvalue weighted by Crippen LogP contribution is 2.20. The van der Waals surface area contributed by atoms with Crippen LogP contribution in [0.15, 0.2) is 6.07 Å². The molecule has 0 radical (unpaired) electrons. The Kier molecular flexibility index (Phi) is 5.27. The van der Waals surface area contributed by atoms with Gasteiger partial charge < -0.3 is 9.80 Å². The topological polar surface area (TPSA) is 83.5 Å². The van der Waals surface area contributed by atoms with Crippen LogP contribution in [-0.2, 0) is 9.84 Å². The summed E-state index contributed by atoms with van der Waals surface area (Å²) < 4.78 is 23.4. The van der Waals surface area contributed by atoms with Crippen molar-refractivity contribution in [1.29, 1.82) is 0 Å². The molecule has 0 saturated carbocycles. The Hall–Kier alpha value is -1.70. The van der Waals surface area contributed by atoms with Crippen LogP contribution in [0.2, 0.25) is 0 Å². The lowest BCUT2D eigenvalue weighted by molar-refractivity contribution is 0.0741. The third-order valence-corrected chi connectivity index (χ3v) is 6.78. The van der Waals surface area contributed by atoms with Gasteiger partial charge in [0.15, 0.2) is 9.84 Å². The number of rotatable bonds is 3. The van der Waals surface area contributed by atoms with E-state index in [4.69, 9.17) is 0 Å². The van der Waals surface area contributed by atoms with Crippen LogP contribution in [0.25, 0.3) is 0 Å². The van der Waals surface area contributed by atoms with Crippen molar-refractivity contribution in [3.8, 4) is 0 Å². The molecule has 0 N–H and O–H groups in total. The van der Waals surface area contributed by atoms with E-state index < -0.39 is 9.84 Å². The SMILES string of the molecule is Cc1cc(C(=O)N(C)C2CCS(=O)(=O)C2)nc(N2CCCCCC2)n1. The largest absolute Gasteiger partial charge is 0.341 e. The molecule has 0 aromatic carbocycles. The maximum atomic E-state index is 12.8. The van der Waals surface area contributed by atoms with Crippen molar-refractivity contribution in [2.75, 3.05) is 36.5 Å². The zero-order valence-electron chi connectivity index (χ0n) is 14.9. The quantitative estimate of drug-likeness (QED) is 0.805. The monoisotopic (exact) mass is 366 g/mol. The van der Waals surface area contributed by atoms with Crippen molar-refractivity contribution in [1.82, 2.24) is 14.9 Å². The molecule has 1 unspecified atom stereocenters. The molecule has 25 heavy (non-hydrogen) atoms. The van der Waals surface area contributed by atoms with Gasteiger partial charge in [0, 0.05) is 31.9 Å². The average molecular weight is 366 g/mol.